The maximum absolute atomic E-state index is 12.8. The molecule has 0 radical (unpaired) electrons. The van der Waals surface area contributed by atoms with Gasteiger partial charge in [-0.25, -0.2) is 4.79 Å². The van der Waals surface area contributed by atoms with E-state index in [9.17, 15) is 18.0 Å². The zero-order chi connectivity index (χ0) is 23.6. The van der Waals surface area contributed by atoms with Crippen molar-refractivity contribution >= 4 is 23.6 Å². The molecule has 11 heteroatoms. The molecule has 0 saturated carbocycles. The Hall–Kier alpha value is -2.95. The summed E-state index contributed by atoms with van der Waals surface area (Å²) in [5.41, 5.74) is 1.13. The number of nitrogens with zero attached hydrogens (tertiary/aromatic N) is 2. The number of carboxylic acid groups (broad SMARTS) is 1. The number of para-hydroxylation sites is 1. The van der Waals surface area contributed by atoms with Gasteiger partial charge in [-0.3, -0.25) is 9.78 Å². The molecule has 0 aliphatic carbocycles. The highest BCUT2D eigenvalue weighted by Gasteiger charge is 2.52. The van der Waals surface area contributed by atoms with Gasteiger partial charge in [-0.05, 0) is 23.8 Å². The number of halogens is 3. The predicted molar refractivity (Wildman–Crippen MR) is 113 cm³/mol. The zero-order valence-electron chi connectivity index (χ0n) is 17.3. The van der Waals surface area contributed by atoms with Gasteiger partial charge in [0.2, 0.25) is 0 Å². The molecule has 1 amide bonds. The predicted octanol–water partition coefficient (Wildman–Crippen LogP) is 3.18. The second-order valence-electron chi connectivity index (χ2n) is 8.04. The molecule has 2 fully saturated rings. The van der Waals surface area contributed by atoms with Gasteiger partial charge in [0.1, 0.15) is 17.6 Å². The van der Waals surface area contributed by atoms with Crippen LogP contribution in [0.4, 0.5) is 13.2 Å². The molecule has 1 aromatic carbocycles. The summed E-state index contributed by atoms with van der Waals surface area (Å²) < 4.78 is 43.8. The average molecular weight is 482 g/mol. The molecule has 3 aliphatic rings. The fourth-order valence-electron chi connectivity index (χ4n) is 4.04. The molecule has 1 aromatic heterocycles. The number of benzene rings is 1. The average Bonchev–Trinajstić information content (AvgIpc) is 3.37. The van der Waals surface area contributed by atoms with Crippen LogP contribution in [0.1, 0.15) is 12.0 Å². The number of aliphatic carboxylic acids is 1. The molecule has 33 heavy (non-hydrogen) atoms. The number of carbonyl (C=O) groups is 2. The largest absolute Gasteiger partial charge is 0.490 e. The van der Waals surface area contributed by atoms with Gasteiger partial charge in [0, 0.05) is 37.9 Å². The third kappa shape index (κ3) is 5.35. The van der Waals surface area contributed by atoms with Crippen molar-refractivity contribution < 1.29 is 37.3 Å². The number of hydrogen-bond acceptors (Lipinski definition) is 6. The van der Waals surface area contributed by atoms with Crippen LogP contribution in [-0.4, -0.2) is 68.8 Å². The SMILES string of the molecule is O=C(C1Cc2ccccc2O1)N1CC2(CC(Oc3cccnc3)CS2)C1.O=C(O)C(F)(F)F. The van der Waals surface area contributed by atoms with Crippen molar-refractivity contribution in [3.05, 3.63) is 54.4 Å². The molecule has 2 atom stereocenters. The number of hydrogen-bond donors (Lipinski definition) is 1. The maximum atomic E-state index is 12.8. The van der Waals surface area contributed by atoms with Crippen LogP contribution in [0.5, 0.6) is 11.5 Å². The van der Waals surface area contributed by atoms with Crippen LogP contribution in [0.3, 0.4) is 0 Å². The van der Waals surface area contributed by atoms with Crippen LogP contribution in [0.15, 0.2) is 48.8 Å². The Labute approximate surface area is 191 Å². The molecule has 2 unspecified atom stereocenters. The number of aromatic nitrogens is 1. The molecule has 2 saturated heterocycles. The Balaban J connectivity index is 0.000000325. The number of ether oxygens (including phenoxy) is 2. The van der Waals surface area contributed by atoms with E-state index in [2.05, 4.69) is 4.98 Å². The molecule has 1 spiro atoms. The van der Waals surface area contributed by atoms with Gasteiger partial charge < -0.3 is 19.5 Å². The van der Waals surface area contributed by atoms with Gasteiger partial charge in [0.05, 0.1) is 10.9 Å². The normalized spacial score (nSPS) is 22.5. The lowest BCUT2D eigenvalue weighted by Gasteiger charge is -2.48. The van der Waals surface area contributed by atoms with Crippen LogP contribution in [0.2, 0.25) is 0 Å². The minimum Gasteiger partial charge on any atom is -0.488 e. The van der Waals surface area contributed by atoms with Crippen LogP contribution >= 0.6 is 11.8 Å². The fourth-order valence-corrected chi connectivity index (χ4v) is 5.56. The first-order chi connectivity index (χ1) is 15.7. The van der Waals surface area contributed by atoms with Gasteiger partial charge in [-0.2, -0.15) is 13.2 Å². The fraction of sp³-hybridized carbons (Fsp3) is 0.409. The van der Waals surface area contributed by atoms with Crippen molar-refractivity contribution in [3.63, 3.8) is 0 Å². The molecule has 4 heterocycles. The number of thioether (sulfide) groups is 1. The third-order valence-corrected chi connectivity index (χ3v) is 7.12. The summed E-state index contributed by atoms with van der Waals surface area (Å²) in [7, 11) is 0. The summed E-state index contributed by atoms with van der Waals surface area (Å²) in [5, 5.41) is 7.12. The van der Waals surface area contributed by atoms with Crippen molar-refractivity contribution in [2.45, 2.75) is 36.0 Å². The van der Waals surface area contributed by atoms with Crippen LogP contribution in [0, 0.1) is 0 Å². The minimum atomic E-state index is -5.08. The lowest BCUT2D eigenvalue weighted by atomic mass is 9.92. The van der Waals surface area contributed by atoms with Gasteiger partial charge in [0.15, 0.2) is 6.10 Å². The number of rotatable bonds is 3. The second-order valence-corrected chi connectivity index (χ2v) is 9.53. The molecular formula is C22H21F3N2O5S. The number of carbonyl (C=O) groups excluding carboxylic acids is 1. The van der Waals surface area contributed by atoms with E-state index >= 15 is 0 Å². The van der Waals surface area contributed by atoms with Gasteiger partial charge in [-0.15, -0.1) is 11.8 Å². The van der Waals surface area contributed by atoms with Gasteiger partial charge in [-0.1, -0.05) is 18.2 Å². The van der Waals surface area contributed by atoms with E-state index in [1.807, 2.05) is 53.1 Å². The molecular weight excluding hydrogens is 461 g/mol. The van der Waals surface area contributed by atoms with E-state index in [-0.39, 0.29) is 22.9 Å². The van der Waals surface area contributed by atoms with Crippen molar-refractivity contribution in [1.29, 1.82) is 0 Å². The number of carboxylic acids is 1. The van der Waals surface area contributed by atoms with E-state index in [0.29, 0.717) is 6.42 Å². The molecule has 3 aliphatic heterocycles. The Morgan fingerprint density at radius 2 is 1.94 bits per heavy atom. The Morgan fingerprint density at radius 3 is 2.58 bits per heavy atom. The Kier molecular flexibility index (Phi) is 6.42. The number of alkyl halides is 3. The zero-order valence-corrected chi connectivity index (χ0v) is 18.1. The van der Waals surface area contributed by atoms with E-state index in [4.69, 9.17) is 19.4 Å². The highest BCUT2D eigenvalue weighted by atomic mass is 32.2. The van der Waals surface area contributed by atoms with E-state index in [1.165, 1.54) is 0 Å². The lowest BCUT2D eigenvalue weighted by molar-refractivity contribution is -0.192. The highest BCUT2D eigenvalue weighted by molar-refractivity contribution is 8.01. The Bertz CT molecular complexity index is 990. The highest BCUT2D eigenvalue weighted by Crippen LogP contribution is 2.46. The minimum absolute atomic E-state index is 0.115. The molecule has 176 valence electrons. The molecule has 2 aromatic rings. The summed E-state index contributed by atoms with van der Waals surface area (Å²) in [6, 6.07) is 11.7. The molecule has 0 bridgehead atoms. The van der Waals surface area contributed by atoms with Crippen LogP contribution < -0.4 is 9.47 Å². The number of fused-ring (bicyclic) bond motifs is 1. The van der Waals surface area contributed by atoms with E-state index < -0.39 is 12.1 Å². The van der Waals surface area contributed by atoms with E-state index in [1.54, 1.807) is 12.4 Å². The molecule has 7 nitrogen and oxygen atoms in total. The van der Waals surface area contributed by atoms with Crippen molar-refractivity contribution in [2.75, 3.05) is 18.8 Å². The molecule has 5 rings (SSSR count). The lowest BCUT2D eigenvalue weighted by Crippen LogP contribution is -2.63. The van der Waals surface area contributed by atoms with Crippen molar-refractivity contribution in [2.24, 2.45) is 0 Å². The first-order valence-electron chi connectivity index (χ1n) is 10.2. The summed E-state index contributed by atoms with van der Waals surface area (Å²) in [4.78, 5) is 27.7. The van der Waals surface area contributed by atoms with Crippen molar-refractivity contribution in [3.8, 4) is 11.5 Å². The first-order valence-corrected chi connectivity index (χ1v) is 11.2. The van der Waals surface area contributed by atoms with Crippen molar-refractivity contribution in [1.82, 2.24) is 9.88 Å². The van der Waals surface area contributed by atoms with Gasteiger partial charge >= 0.3 is 12.1 Å². The quantitative estimate of drug-likeness (QED) is 0.719. The number of likely N-dealkylation sites (tertiary alicyclic amines) is 1. The van der Waals surface area contributed by atoms with E-state index in [0.717, 1.165) is 42.3 Å². The first kappa shape index (κ1) is 23.2. The Morgan fingerprint density at radius 1 is 1.21 bits per heavy atom. The summed E-state index contributed by atoms with van der Waals surface area (Å²) in [5.74, 6) is -0.0141. The maximum Gasteiger partial charge on any atom is 0.490 e. The monoisotopic (exact) mass is 482 g/mol. The standard InChI is InChI=1S/C20H20N2O3S.C2HF3O2/c23-19(18-8-14-4-1-2-6-17(14)25-18)22-12-20(13-22)9-16(11-26-20)24-15-5-3-7-21-10-15;3-2(4,5)1(6)7/h1-7,10,16,18H,8-9,11-13H2;(H,6,7). The second kappa shape index (κ2) is 9.12. The summed E-state index contributed by atoms with van der Waals surface area (Å²) in [6.45, 7) is 1.58. The summed E-state index contributed by atoms with van der Waals surface area (Å²) >= 11 is 1.93. The van der Waals surface area contributed by atoms with Crippen LogP contribution in [-0.2, 0) is 16.0 Å². The smallest absolute Gasteiger partial charge is 0.488 e. The van der Waals surface area contributed by atoms with Gasteiger partial charge in [0.25, 0.3) is 5.91 Å². The number of amides is 1. The summed E-state index contributed by atoms with van der Waals surface area (Å²) in [6.07, 6.45) is -0.106. The molecule has 1 N–H and O–H groups in total. The topological polar surface area (TPSA) is 89.0 Å². The van der Waals surface area contributed by atoms with Crippen LogP contribution in [0.25, 0.3) is 0 Å². The third-order valence-electron chi connectivity index (χ3n) is 5.55. The number of pyridine rings is 1.